The molecular formula is C17H31N3. The van der Waals surface area contributed by atoms with Gasteiger partial charge in [-0.05, 0) is 71.4 Å². The molecule has 20 heavy (non-hydrogen) atoms. The van der Waals surface area contributed by atoms with Gasteiger partial charge in [0.05, 0.1) is 6.07 Å². The summed E-state index contributed by atoms with van der Waals surface area (Å²) in [6.07, 6.45) is 11.3. The lowest BCUT2D eigenvalue weighted by atomic mass is 9.96. The zero-order valence-electron chi connectivity index (χ0n) is 13.3. The zero-order valence-corrected chi connectivity index (χ0v) is 13.3. The van der Waals surface area contributed by atoms with Crippen LogP contribution in [0.15, 0.2) is 0 Å². The molecule has 2 rings (SSSR count). The third kappa shape index (κ3) is 5.42. The molecule has 2 aliphatic rings. The summed E-state index contributed by atoms with van der Waals surface area (Å²) < 4.78 is 0. The highest BCUT2D eigenvalue weighted by molar-refractivity contribution is 5.06. The van der Waals surface area contributed by atoms with E-state index in [1.807, 2.05) is 0 Å². The van der Waals surface area contributed by atoms with E-state index in [-0.39, 0.29) is 5.54 Å². The van der Waals surface area contributed by atoms with Crippen molar-refractivity contribution in [2.75, 3.05) is 13.1 Å². The van der Waals surface area contributed by atoms with Crippen LogP contribution in [-0.4, -0.2) is 35.6 Å². The summed E-state index contributed by atoms with van der Waals surface area (Å²) >= 11 is 0. The molecule has 2 aliphatic carbocycles. The van der Waals surface area contributed by atoms with Gasteiger partial charge in [-0.2, -0.15) is 5.26 Å². The minimum Gasteiger partial charge on any atom is -0.300 e. The van der Waals surface area contributed by atoms with Gasteiger partial charge < -0.3 is 4.90 Å². The lowest BCUT2D eigenvalue weighted by Gasteiger charge is -2.25. The van der Waals surface area contributed by atoms with Crippen molar-refractivity contribution in [3.63, 3.8) is 0 Å². The second-order valence-electron chi connectivity index (χ2n) is 6.94. The van der Waals surface area contributed by atoms with Gasteiger partial charge >= 0.3 is 0 Å². The van der Waals surface area contributed by atoms with Gasteiger partial charge in [-0.1, -0.05) is 13.3 Å². The molecular weight excluding hydrogens is 246 g/mol. The van der Waals surface area contributed by atoms with Crippen LogP contribution in [0.2, 0.25) is 0 Å². The maximum Gasteiger partial charge on any atom is 0.104 e. The van der Waals surface area contributed by atoms with Gasteiger partial charge in [-0.15, -0.1) is 0 Å². The largest absolute Gasteiger partial charge is 0.300 e. The number of hydrogen-bond acceptors (Lipinski definition) is 3. The number of nitrogens with one attached hydrogen (secondary N) is 1. The van der Waals surface area contributed by atoms with E-state index in [4.69, 9.17) is 0 Å². The van der Waals surface area contributed by atoms with Crippen LogP contribution in [0.3, 0.4) is 0 Å². The Morgan fingerprint density at radius 3 is 2.40 bits per heavy atom. The molecule has 0 aromatic heterocycles. The topological polar surface area (TPSA) is 39.1 Å². The van der Waals surface area contributed by atoms with Crippen molar-refractivity contribution in [1.82, 2.24) is 10.2 Å². The second-order valence-corrected chi connectivity index (χ2v) is 6.94. The van der Waals surface area contributed by atoms with Crippen LogP contribution in [0.4, 0.5) is 0 Å². The number of nitriles is 1. The fraction of sp³-hybridized carbons (Fsp3) is 0.941. The van der Waals surface area contributed by atoms with E-state index in [0.29, 0.717) is 6.04 Å². The first-order valence-corrected chi connectivity index (χ1v) is 8.60. The molecule has 0 saturated heterocycles. The third-order valence-corrected chi connectivity index (χ3v) is 4.58. The Morgan fingerprint density at radius 1 is 1.15 bits per heavy atom. The van der Waals surface area contributed by atoms with Gasteiger partial charge in [0.15, 0.2) is 0 Å². The highest BCUT2D eigenvalue weighted by atomic mass is 15.2. The summed E-state index contributed by atoms with van der Waals surface area (Å²) in [5.74, 6) is 0. The first kappa shape index (κ1) is 15.8. The maximum atomic E-state index is 9.36. The first-order valence-electron chi connectivity index (χ1n) is 8.60. The summed E-state index contributed by atoms with van der Waals surface area (Å²) in [4.78, 5) is 2.68. The van der Waals surface area contributed by atoms with Gasteiger partial charge in [-0.3, -0.25) is 5.32 Å². The van der Waals surface area contributed by atoms with Crippen LogP contribution in [0.1, 0.15) is 71.6 Å². The second kappa shape index (κ2) is 7.43. The van der Waals surface area contributed by atoms with Crippen LogP contribution in [0, 0.1) is 11.3 Å². The third-order valence-electron chi connectivity index (χ3n) is 4.58. The smallest absolute Gasteiger partial charge is 0.104 e. The highest BCUT2D eigenvalue weighted by Crippen LogP contribution is 2.28. The maximum absolute atomic E-state index is 9.36. The number of nitrogens with zero attached hydrogens (tertiary/aromatic N) is 2. The molecule has 3 nitrogen and oxygen atoms in total. The van der Waals surface area contributed by atoms with Crippen molar-refractivity contribution < 1.29 is 0 Å². The molecule has 1 unspecified atom stereocenters. The van der Waals surface area contributed by atoms with E-state index in [2.05, 4.69) is 30.1 Å². The Bertz CT molecular complexity index is 328. The van der Waals surface area contributed by atoms with Crippen LogP contribution >= 0.6 is 0 Å². The number of unbranched alkanes of at least 4 members (excludes halogenated alkanes) is 2. The Hall–Kier alpha value is -0.590. The van der Waals surface area contributed by atoms with Crippen molar-refractivity contribution >= 4 is 0 Å². The van der Waals surface area contributed by atoms with Crippen LogP contribution in [-0.2, 0) is 0 Å². The van der Waals surface area contributed by atoms with Crippen molar-refractivity contribution in [3.05, 3.63) is 0 Å². The van der Waals surface area contributed by atoms with Crippen molar-refractivity contribution in [1.29, 1.82) is 5.26 Å². The Morgan fingerprint density at radius 2 is 1.85 bits per heavy atom. The molecule has 2 fully saturated rings. The van der Waals surface area contributed by atoms with E-state index in [9.17, 15) is 5.26 Å². The standard InChI is InChI=1S/C17H31N3/c1-3-4-12-20(16-9-10-16)13-6-5-11-17(2,14-18)19-15-7-8-15/h15-16,19H,3-13H2,1-2H3. The Labute approximate surface area is 124 Å². The molecule has 0 bridgehead atoms. The molecule has 0 radical (unpaired) electrons. The number of rotatable bonds is 11. The SMILES string of the molecule is CCCCN(CCCCC(C)(C#N)NC1CC1)C1CC1. The molecule has 1 N–H and O–H groups in total. The van der Waals surface area contributed by atoms with Gasteiger partial charge in [0.1, 0.15) is 5.54 Å². The molecule has 0 aromatic rings. The van der Waals surface area contributed by atoms with E-state index in [1.165, 1.54) is 64.5 Å². The average molecular weight is 277 g/mol. The van der Waals surface area contributed by atoms with Gasteiger partial charge in [0.2, 0.25) is 0 Å². The summed E-state index contributed by atoms with van der Waals surface area (Å²) in [7, 11) is 0. The summed E-state index contributed by atoms with van der Waals surface area (Å²) in [6, 6.07) is 3.98. The van der Waals surface area contributed by atoms with Crippen molar-refractivity contribution in [2.45, 2.75) is 89.3 Å². The van der Waals surface area contributed by atoms with Gasteiger partial charge in [0, 0.05) is 12.1 Å². The van der Waals surface area contributed by atoms with Crippen LogP contribution in [0.5, 0.6) is 0 Å². The normalized spacial score (nSPS) is 21.7. The molecule has 2 saturated carbocycles. The lowest BCUT2D eigenvalue weighted by Crippen LogP contribution is -2.42. The Balaban J connectivity index is 1.62. The van der Waals surface area contributed by atoms with Crippen LogP contribution < -0.4 is 5.32 Å². The van der Waals surface area contributed by atoms with Crippen molar-refractivity contribution in [2.24, 2.45) is 0 Å². The van der Waals surface area contributed by atoms with Crippen molar-refractivity contribution in [3.8, 4) is 6.07 Å². The predicted molar refractivity (Wildman–Crippen MR) is 83.5 cm³/mol. The molecule has 0 spiro atoms. The molecule has 1 atom stereocenters. The quantitative estimate of drug-likeness (QED) is 0.588. The Kier molecular flexibility index (Phi) is 5.86. The molecule has 0 aromatic carbocycles. The summed E-state index contributed by atoms with van der Waals surface area (Å²) in [6.45, 7) is 6.85. The van der Waals surface area contributed by atoms with E-state index >= 15 is 0 Å². The summed E-state index contributed by atoms with van der Waals surface area (Å²) in [5.41, 5.74) is -0.297. The highest BCUT2D eigenvalue weighted by Gasteiger charge is 2.32. The lowest BCUT2D eigenvalue weighted by molar-refractivity contribution is 0.249. The van der Waals surface area contributed by atoms with Gasteiger partial charge in [-0.25, -0.2) is 0 Å². The fourth-order valence-electron chi connectivity index (χ4n) is 2.91. The van der Waals surface area contributed by atoms with Crippen LogP contribution in [0.25, 0.3) is 0 Å². The predicted octanol–water partition coefficient (Wildman–Crippen LogP) is 3.46. The average Bonchev–Trinajstić information content (AvgIpc) is 3.31. The van der Waals surface area contributed by atoms with E-state index in [0.717, 1.165) is 12.5 Å². The molecule has 0 heterocycles. The monoisotopic (exact) mass is 277 g/mol. The first-order chi connectivity index (χ1) is 9.67. The number of hydrogen-bond donors (Lipinski definition) is 1. The zero-order chi connectivity index (χ0) is 14.4. The molecule has 0 aliphatic heterocycles. The summed E-state index contributed by atoms with van der Waals surface area (Å²) in [5, 5.41) is 12.9. The van der Waals surface area contributed by atoms with E-state index in [1.54, 1.807) is 0 Å². The van der Waals surface area contributed by atoms with Gasteiger partial charge in [0.25, 0.3) is 0 Å². The van der Waals surface area contributed by atoms with E-state index < -0.39 is 0 Å². The minimum atomic E-state index is -0.297. The molecule has 114 valence electrons. The molecule has 0 amide bonds. The fourth-order valence-corrected chi connectivity index (χ4v) is 2.91. The minimum absolute atomic E-state index is 0.297. The molecule has 3 heteroatoms.